The SMILES string of the molecule is Cc1cc([N+](=O)[O-])cc(C)c1Oc1ccc(OCc2ccccc2)cc1.O=S(=O)(Cl)Cl. The molecule has 7 nitrogen and oxygen atoms in total. The second kappa shape index (κ2) is 11.0. The average Bonchev–Trinajstić information content (AvgIpc) is 2.69. The van der Waals surface area contributed by atoms with E-state index in [-0.39, 0.29) is 5.69 Å². The van der Waals surface area contributed by atoms with Crippen LogP contribution >= 0.6 is 21.4 Å². The first-order chi connectivity index (χ1) is 14.5. The molecular formula is C21H19Cl2NO6S. The Hall–Kier alpha value is -2.81. The number of aryl methyl sites for hydroxylation is 2. The quantitative estimate of drug-likeness (QED) is 0.232. The highest BCUT2D eigenvalue weighted by Gasteiger charge is 2.13. The first-order valence-electron chi connectivity index (χ1n) is 8.87. The van der Waals surface area contributed by atoms with Crippen LogP contribution in [-0.4, -0.2) is 13.3 Å². The van der Waals surface area contributed by atoms with Crippen LogP contribution in [0.3, 0.4) is 0 Å². The summed E-state index contributed by atoms with van der Waals surface area (Å²) in [5.41, 5.74) is 2.61. The van der Waals surface area contributed by atoms with Crippen LogP contribution < -0.4 is 9.47 Å². The fraction of sp³-hybridized carbons (Fsp3) is 0.143. The van der Waals surface area contributed by atoms with Crippen molar-refractivity contribution in [2.45, 2.75) is 20.5 Å². The molecule has 0 fully saturated rings. The van der Waals surface area contributed by atoms with Crippen molar-refractivity contribution >= 4 is 35.3 Å². The summed E-state index contributed by atoms with van der Waals surface area (Å²) in [6, 6.07) is 20.3. The Labute approximate surface area is 189 Å². The van der Waals surface area contributed by atoms with Crippen LogP contribution in [0.25, 0.3) is 0 Å². The van der Waals surface area contributed by atoms with E-state index in [2.05, 4.69) is 21.4 Å². The fourth-order valence-corrected chi connectivity index (χ4v) is 2.66. The van der Waals surface area contributed by atoms with Gasteiger partial charge in [-0.1, -0.05) is 30.3 Å². The molecule has 0 aromatic heterocycles. The summed E-state index contributed by atoms with van der Waals surface area (Å²) in [7, 11) is 4.81. The Kier molecular flexibility index (Phi) is 8.67. The van der Waals surface area contributed by atoms with E-state index >= 15 is 0 Å². The van der Waals surface area contributed by atoms with Gasteiger partial charge >= 0.3 is 8.26 Å². The fourth-order valence-electron chi connectivity index (χ4n) is 2.66. The van der Waals surface area contributed by atoms with Gasteiger partial charge in [0.15, 0.2) is 0 Å². The van der Waals surface area contributed by atoms with E-state index in [0.29, 0.717) is 18.1 Å². The average molecular weight is 484 g/mol. The van der Waals surface area contributed by atoms with E-state index in [9.17, 15) is 10.1 Å². The van der Waals surface area contributed by atoms with Gasteiger partial charge in [-0.15, -0.1) is 0 Å². The zero-order valence-corrected chi connectivity index (χ0v) is 18.9. The first kappa shape index (κ1) is 24.5. The molecule has 3 rings (SSSR count). The van der Waals surface area contributed by atoms with Crippen LogP contribution in [0.15, 0.2) is 66.7 Å². The maximum atomic E-state index is 10.9. The van der Waals surface area contributed by atoms with Gasteiger partial charge in [-0.3, -0.25) is 10.1 Å². The summed E-state index contributed by atoms with van der Waals surface area (Å²) >= 11 is 0. The lowest BCUT2D eigenvalue weighted by Crippen LogP contribution is -1.96. The van der Waals surface area contributed by atoms with Crippen molar-refractivity contribution < 1.29 is 22.8 Å². The lowest BCUT2D eigenvalue weighted by molar-refractivity contribution is -0.385. The summed E-state index contributed by atoms with van der Waals surface area (Å²) < 4.78 is 30.0. The van der Waals surface area contributed by atoms with Crippen molar-refractivity contribution in [3.8, 4) is 17.2 Å². The number of nitrogens with zero attached hydrogens (tertiary/aromatic N) is 1. The molecule has 164 valence electrons. The zero-order chi connectivity index (χ0) is 23.0. The minimum atomic E-state index is -3.72. The summed E-state index contributed by atoms with van der Waals surface area (Å²) in [5.74, 6) is 2.03. The molecule has 3 aromatic carbocycles. The van der Waals surface area contributed by atoms with Crippen molar-refractivity contribution in [2.24, 2.45) is 0 Å². The monoisotopic (exact) mass is 483 g/mol. The molecule has 0 aliphatic heterocycles. The molecule has 0 N–H and O–H groups in total. The smallest absolute Gasteiger partial charge is 0.317 e. The van der Waals surface area contributed by atoms with Gasteiger partial charge in [-0.05, 0) is 54.8 Å². The molecule has 0 heterocycles. The topological polar surface area (TPSA) is 95.7 Å². The molecule has 0 bridgehead atoms. The van der Waals surface area contributed by atoms with Gasteiger partial charge in [0.05, 0.1) is 4.92 Å². The molecule has 3 aromatic rings. The molecule has 0 atom stereocenters. The lowest BCUT2D eigenvalue weighted by Gasteiger charge is -2.12. The molecule has 10 heteroatoms. The van der Waals surface area contributed by atoms with Crippen LogP contribution in [0, 0.1) is 24.0 Å². The third-order valence-corrected chi connectivity index (χ3v) is 3.95. The number of nitro groups is 1. The number of halogens is 2. The van der Waals surface area contributed by atoms with E-state index in [1.165, 1.54) is 12.1 Å². The first-order valence-corrected chi connectivity index (χ1v) is 12.0. The summed E-state index contributed by atoms with van der Waals surface area (Å²) in [6.07, 6.45) is 0. The molecule has 0 aliphatic rings. The van der Waals surface area contributed by atoms with Crippen LogP contribution in [0.4, 0.5) is 5.69 Å². The zero-order valence-electron chi connectivity index (χ0n) is 16.6. The van der Waals surface area contributed by atoms with Gasteiger partial charge in [0, 0.05) is 33.5 Å². The summed E-state index contributed by atoms with van der Waals surface area (Å²) in [4.78, 5) is 10.5. The second-order valence-electron chi connectivity index (χ2n) is 6.39. The van der Waals surface area contributed by atoms with Gasteiger partial charge in [0.1, 0.15) is 23.9 Å². The molecule has 31 heavy (non-hydrogen) atoms. The van der Waals surface area contributed by atoms with E-state index in [4.69, 9.17) is 17.9 Å². The number of nitro benzene ring substituents is 1. The maximum Gasteiger partial charge on any atom is 0.317 e. The molecule has 0 saturated carbocycles. The number of hydrogen-bond acceptors (Lipinski definition) is 6. The van der Waals surface area contributed by atoms with Crippen molar-refractivity contribution in [2.75, 3.05) is 0 Å². The van der Waals surface area contributed by atoms with E-state index in [0.717, 1.165) is 22.4 Å². The Morgan fingerprint density at radius 2 is 1.39 bits per heavy atom. The Bertz CT molecular complexity index is 1110. The van der Waals surface area contributed by atoms with Gasteiger partial charge < -0.3 is 9.47 Å². The molecule has 0 radical (unpaired) electrons. The van der Waals surface area contributed by atoms with Crippen molar-refractivity contribution in [1.29, 1.82) is 0 Å². The lowest BCUT2D eigenvalue weighted by atomic mass is 10.1. The number of non-ortho nitro benzene ring substituents is 1. The maximum absolute atomic E-state index is 10.9. The minimum absolute atomic E-state index is 0.0667. The molecule has 0 spiro atoms. The summed E-state index contributed by atoms with van der Waals surface area (Å²) in [6.45, 7) is 4.10. The van der Waals surface area contributed by atoms with Gasteiger partial charge in [0.2, 0.25) is 0 Å². The number of hydrogen-bond donors (Lipinski definition) is 0. The third kappa shape index (κ3) is 8.84. The summed E-state index contributed by atoms with van der Waals surface area (Å²) in [5, 5.41) is 10.9. The number of ether oxygens (including phenoxy) is 2. The largest absolute Gasteiger partial charge is 0.489 e. The van der Waals surface area contributed by atoms with Crippen molar-refractivity contribution in [3.63, 3.8) is 0 Å². The molecule has 0 saturated heterocycles. The van der Waals surface area contributed by atoms with Crippen molar-refractivity contribution in [1.82, 2.24) is 0 Å². The minimum Gasteiger partial charge on any atom is -0.489 e. The Balaban J connectivity index is 0.000000614. The Morgan fingerprint density at radius 3 is 1.87 bits per heavy atom. The molecular weight excluding hydrogens is 465 g/mol. The standard InChI is InChI=1S/C21H19NO4.Cl2O2S/c1-15-12-18(22(23)24)13-16(2)21(15)26-20-10-8-19(9-11-20)25-14-17-6-4-3-5-7-17;1-5(2,3)4/h3-13H,14H2,1-2H3;. The van der Waals surface area contributed by atoms with E-state index < -0.39 is 13.2 Å². The number of rotatable bonds is 6. The normalized spacial score (nSPS) is 10.6. The predicted molar refractivity (Wildman–Crippen MR) is 120 cm³/mol. The van der Waals surface area contributed by atoms with Gasteiger partial charge in [-0.25, -0.2) is 0 Å². The van der Waals surface area contributed by atoms with Crippen LogP contribution in [-0.2, 0) is 14.9 Å². The highest BCUT2D eigenvalue weighted by molar-refractivity contribution is 8.31. The second-order valence-corrected chi connectivity index (χ2v) is 10.1. The van der Waals surface area contributed by atoms with Crippen LogP contribution in [0.1, 0.15) is 16.7 Å². The van der Waals surface area contributed by atoms with Gasteiger partial charge in [-0.2, -0.15) is 8.42 Å². The van der Waals surface area contributed by atoms with Gasteiger partial charge in [0.25, 0.3) is 5.69 Å². The van der Waals surface area contributed by atoms with E-state index in [1.54, 1.807) is 13.8 Å². The van der Waals surface area contributed by atoms with Crippen molar-refractivity contribution in [3.05, 3.63) is 93.5 Å². The predicted octanol–water partition coefficient (Wildman–Crippen LogP) is 6.29. The van der Waals surface area contributed by atoms with Crippen LogP contribution in [0.2, 0.25) is 0 Å². The highest BCUT2D eigenvalue weighted by Crippen LogP contribution is 2.32. The van der Waals surface area contributed by atoms with Crippen LogP contribution in [0.5, 0.6) is 17.2 Å². The highest BCUT2D eigenvalue weighted by atomic mass is 36.0. The Morgan fingerprint density at radius 1 is 0.903 bits per heavy atom. The molecule has 0 unspecified atom stereocenters. The molecule has 0 aliphatic carbocycles. The number of benzene rings is 3. The molecule has 0 amide bonds. The third-order valence-electron chi connectivity index (χ3n) is 3.95. The van der Waals surface area contributed by atoms with E-state index in [1.807, 2.05) is 54.6 Å².